The summed E-state index contributed by atoms with van der Waals surface area (Å²) >= 11 is 1.16. The Balaban J connectivity index is 1.24. The lowest BCUT2D eigenvalue weighted by atomic mass is 10.1. The number of hydrogen-bond acceptors (Lipinski definition) is 10. The monoisotopic (exact) mass is 463 g/mol. The fourth-order valence-electron chi connectivity index (χ4n) is 4.11. The first-order valence-corrected chi connectivity index (χ1v) is 11.9. The predicted octanol–water partition coefficient (Wildman–Crippen LogP) is 0.816. The maximum Gasteiger partial charge on any atom is 0.250 e. The number of fused-ring (bicyclic) bond motifs is 2. The van der Waals surface area contributed by atoms with Crippen molar-refractivity contribution < 1.29 is 27.4 Å². The maximum atomic E-state index is 12.6. The van der Waals surface area contributed by atoms with Gasteiger partial charge in [0, 0.05) is 5.56 Å². The third-order valence-electron chi connectivity index (χ3n) is 5.53. The molecule has 0 bridgehead atoms. The molecule has 3 aliphatic rings. The molecule has 2 aromatic heterocycles. The van der Waals surface area contributed by atoms with E-state index in [2.05, 4.69) is 20.2 Å². The van der Waals surface area contributed by atoms with Crippen LogP contribution in [0.3, 0.4) is 0 Å². The number of tetrazole rings is 1. The Bertz CT molecular complexity index is 1210. The molecule has 162 valence electrons. The Morgan fingerprint density at radius 3 is 2.84 bits per heavy atom. The van der Waals surface area contributed by atoms with Crippen molar-refractivity contribution in [2.75, 3.05) is 20.0 Å². The summed E-state index contributed by atoms with van der Waals surface area (Å²) in [5.74, 6) is 1.85. The van der Waals surface area contributed by atoms with Gasteiger partial charge in [0.25, 0.3) is 0 Å². The van der Waals surface area contributed by atoms with Gasteiger partial charge in [0.15, 0.2) is 17.3 Å². The summed E-state index contributed by atoms with van der Waals surface area (Å²) in [6.07, 6.45) is -0.819. The highest BCUT2D eigenvalue weighted by molar-refractivity contribution is 7.91. The van der Waals surface area contributed by atoms with Crippen molar-refractivity contribution in [3.05, 3.63) is 35.7 Å². The molecule has 31 heavy (non-hydrogen) atoms. The molecule has 0 radical (unpaired) electrons. The first-order valence-electron chi connectivity index (χ1n) is 9.57. The van der Waals surface area contributed by atoms with Gasteiger partial charge in [-0.2, -0.15) is 0 Å². The van der Waals surface area contributed by atoms with E-state index in [1.54, 1.807) is 22.2 Å². The summed E-state index contributed by atoms with van der Waals surface area (Å²) in [7, 11) is -3.63. The average Bonchev–Trinajstić information content (AvgIpc) is 3.57. The highest BCUT2D eigenvalue weighted by atomic mass is 32.2. The Morgan fingerprint density at radius 1 is 1.10 bits per heavy atom. The topological polar surface area (TPSA) is 127 Å². The normalized spacial score (nSPS) is 27.0. The number of aromatic nitrogens is 4. The summed E-state index contributed by atoms with van der Waals surface area (Å²) in [6, 6.07) is 7.97. The van der Waals surface area contributed by atoms with Gasteiger partial charge < -0.3 is 18.9 Å². The highest BCUT2D eigenvalue weighted by Crippen LogP contribution is 2.39. The molecule has 1 aromatic carbocycles. The number of nitrogens with one attached hydrogen (secondary N) is 1. The molecule has 3 aliphatic heterocycles. The van der Waals surface area contributed by atoms with Crippen molar-refractivity contribution in [1.29, 1.82) is 0 Å². The van der Waals surface area contributed by atoms with E-state index in [1.165, 1.54) is 0 Å². The van der Waals surface area contributed by atoms with Gasteiger partial charge in [-0.25, -0.2) is 17.8 Å². The molecule has 6 rings (SSSR count). The molecule has 0 aliphatic carbocycles. The summed E-state index contributed by atoms with van der Waals surface area (Å²) in [6.45, 7) is 0.688. The van der Waals surface area contributed by atoms with E-state index in [-0.39, 0.29) is 29.8 Å². The van der Waals surface area contributed by atoms with Gasteiger partial charge in [-0.1, -0.05) is 6.07 Å². The summed E-state index contributed by atoms with van der Waals surface area (Å²) in [4.78, 5) is 0. The average molecular weight is 463 g/mol. The second-order valence-corrected chi connectivity index (χ2v) is 10.2. The zero-order chi connectivity index (χ0) is 21.0. The second kappa shape index (κ2) is 7.24. The van der Waals surface area contributed by atoms with E-state index >= 15 is 0 Å². The lowest BCUT2D eigenvalue weighted by Crippen LogP contribution is -2.43. The van der Waals surface area contributed by atoms with Gasteiger partial charge in [0.2, 0.25) is 16.8 Å². The van der Waals surface area contributed by atoms with Crippen LogP contribution in [-0.4, -0.2) is 66.9 Å². The van der Waals surface area contributed by atoms with Gasteiger partial charge in [-0.3, -0.25) is 0 Å². The van der Waals surface area contributed by atoms with Crippen molar-refractivity contribution >= 4 is 21.4 Å². The predicted molar refractivity (Wildman–Crippen MR) is 106 cm³/mol. The Kier molecular flexibility index (Phi) is 4.47. The molecule has 3 aromatic rings. The number of hydrogen-bond donors (Lipinski definition) is 1. The molecular formula is C18H17N5O6S2. The molecule has 13 heteroatoms. The number of rotatable bonds is 5. The quantitative estimate of drug-likeness (QED) is 0.585. The highest BCUT2D eigenvalue weighted by Gasteiger charge is 2.50. The molecule has 0 spiro atoms. The smallest absolute Gasteiger partial charge is 0.250 e. The maximum absolute atomic E-state index is 12.6. The van der Waals surface area contributed by atoms with Gasteiger partial charge in [0.05, 0.1) is 19.3 Å². The van der Waals surface area contributed by atoms with E-state index in [0.717, 1.165) is 16.9 Å². The zero-order valence-corrected chi connectivity index (χ0v) is 17.6. The molecule has 2 fully saturated rings. The SMILES string of the molecule is O=S(=O)(NC1COC2C1OCC2n1nnnc1-c1ccc2c(c1)OCO2)c1cccs1. The minimum Gasteiger partial charge on any atom is -0.454 e. The third kappa shape index (κ3) is 3.20. The molecule has 11 nitrogen and oxygen atoms in total. The molecule has 0 amide bonds. The van der Waals surface area contributed by atoms with Gasteiger partial charge in [-0.05, 0) is 40.1 Å². The minimum absolute atomic E-state index is 0.181. The second-order valence-electron chi connectivity index (χ2n) is 7.34. The van der Waals surface area contributed by atoms with Crippen LogP contribution in [-0.2, 0) is 19.5 Å². The third-order valence-corrected chi connectivity index (χ3v) is 8.42. The van der Waals surface area contributed by atoms with Crippen LogP contribution in [0.25, 0.3) is 11.4 Å². The fraction of sp³-hybridized carbons (Fsp3) is 0.389. The number of thiophene rings is 1. The lowest BCUT2D eigenvalue weighted by molar-refractivity contribution is 0.0626. The molecule has 4 unspecified atom stereocenters. The van der Waals surface area contributed by atoms with E-state index in [0.29, 0.717) is 23.9 Å². The van der Waals surface area contributed by atoms with Crippen LogP contribution in [0.2, 0.25) is 0 Å². The van der Waals surface area contributed by atoms with E-state index in [9.17, 15) is 8.42 Å². The van der Waals surface area contributed by atoms with Crippen LogP contribution in [0.5, 0.6) is 11.5 Å². The number of sulfonamides is 1. The number of ether oxygens (including phenoxy) is 4. The van der Waals surface area contributed by atoms with Crippen molar-refractivity contribution in [1.82, 2.24) is 24.9 Å². The van der Waals surface area contributed by atoms with Crippen LogP contribution in [0.4, 0.5) is 0 Å². The number of benzene rings is 1. The van der Waals surface area contributed by atoms with Gasteiger partial charge in [-0.15, -0.1) is 16.4 Å². The molecule has 5 heterocycles. The van der Waals surface area contributed by atoms with Crippen LogP contribution in [0.1, 0.15) is 6.04 Å². The van der Waals surface area contributed by atoms with E-state index in [1.807, 2.05) is 18.2 Å². The molecule has 2 saturated heterocycles. The van der Waals surface area contributed by atoms with Gasteiger partial charge in [0.1, 0.15) is 22.5 Å². The largest absolute Gasteiger partial charge is 0.454 e. The van der Waals surface area contributed by atoms with Crippen molar-refractivity contribution in [3.8, 4) is 22.9 Å². The molecule has 0 saturated carbocycles. The van der Waals surface area contributed by atoms with E-state index < -0.39 is 22.2 Å². The fourth-order valence-corrected chi connectivity index (χ4v) is 6.35. The Hall–Kier alpha value is -2.58. The van der Waals surface area contributed by atoms with Crippen molar-refractivity contribution in [3.63, 3.8) is 0 Å². The first kappa shape index (κ1) is 19.1. The summed E-state index contributed by atoms with van der Waals surface area (Å²) in [5, 5.41) is 13.9. The Morgan fingerprint density at radius 2 is 1.97 bits per heavy atom. The van der Waals surface area contributed by atoms with Crippen molar-refractivity contribution in [2.45, 2.75) is 28.5 Å². The molecule has 4 atom stereocenters. The lowest BCUT2D eigenvalue weighted by Gasteiger charge is -2.18. The first-order chi connectivity index (χ1) is 15.1. The molecule has 1 N–H and O–H groups in total. The van der Waals surface area contributed by atoms with Gasteiger partial charge >= 0.3 is 0 Å². The standard InChI is InChI=1S/C18H17N5O6S2/c24-31(25,15-2-1-5-30-15)20-11-7-26-17-12(8-27-16(11)17)23-18(19-21-22-23)10-3-4-13-14(6-10)29-9-28-13/h1-6,11-12,16-17,20H,7-9H2. The summed E-state index contributed by atoms with van der Waals surface area (Å²) < 4.78 is 52.6. The van der Waals surface area contributed by atoms with Crippen LogP contribution in [0, 0.1) is 0 Å². The number of nitrogens with zero attached hydrogens (tertiary/aromatic N) is 4. The minimum atomic E-state index is -3.63. The van der Waals surface area contributed by atoms with Crippen LogP contribution in [0.15, 0.2) is 39.9 Å². The molecular weight excluding hydrogens is 446 g/mol. The zero-order valence-electron chi connectivity index (χ0n) is 15.9. The van der Waals surface area contributed by atoms with Crippen LogP contribution < -0.4 is 14.2 Å². The van der Waals surface area contributed by atoms with Crippen molar-refractivity contribution in [2.24, 2.45) is 0 Å². The Labute approximate surface area is 180 Å². The van der Waals surface area contributed by atoms with Crippen LogP contribution >= 0.6 is 11.3 Å². The summed E-state index contributed by atoms with van der Waals surface area (Å²) in [5.41, 5.74) is 0.769. The van der Waals surface area contributed by atoms with E-state index in [4.69, 9.17) is 18.9 Å².